The molecule has 0 amide bonds. The van der Waals surface area contributed by atoms with Crippen LogP contribution in [-0.2, 0) is 20.8 Å². The minimum Gasteiger partial charge on any atom is -0.485 e. The molecule has 0 aromatic heterocycles. The molecule has 0 saturated carbocycles. The zero-order valence-electron chi connectivity index (χ0n) is 37.9. The van der Waals surface area contributed by atoms with Crippen molar-refractivity contribution in [3.8, 4) is 35.1 Å². The third-order valence-corrected chi connectivity index (χ3v) is 12.9. The van der Waals surface area contributed by atoms with E-state index in [9.17, 15) is 31.4 Å². The number of benzene rings is 1. The minimum absolute atomic E-state index is 0.00679. The summed E-state index contributed by atoms with van der Waals surface area (Å²) < 4.78 is 28.0. The smallest absolute Gasteiger partial charge is 0.209 e. The summed E-state index contributed by atoms with van der Waals surface area (Å²) in [4.78, 5) is 0. The van der Waals surface area contributed by atoms with Gasteiger partial charge >= 0.3 is 0 Å². The summed E-state index contributed by atoms with van der Waals surface area (Å²) in [5.41, 5.74) is -6.81. The van der Waals surface area contributed by atoms with E-state index >= 15 is 0 Å². The van der Waals surface area contributed by atoms with Gasteiger partial charge in [-0.2, -0.15) is 10.5 Å². The van der Waals surface area contributed by atoms with Crippen LogP contribution in [0.25, 0.3) is 0 Å². The summed E-state index contributed by atoms with van der Waals surface area (Å²) in [7, 11) is 0. The summed E-state index contributed by atoms with van der Waals surface area (Å²) in [5.74, 6) is 0.155. The molecular weight excluding hydrogens is 741 g/mol. The highest BCUT2D eigenvalue weighted by Gasteiger charge is 2.53. The summed E-state index contributed by atoms with van der Waals surface area (Å²) in [6.45, 7) is 29.8. The molecular formula is C44H68N6O8. The molecule has 4 aliphatic heterocycles. The Bertz CT molecular complexity index is 1610. The highest BCUT2D eigenvalue weighted by Crippen LogP contribution is 2.55. The number of rotatable bonds is 8. The minimum atomic E-state index is -0.827. The van der Waals surface area contributed by atoms with Gasteiger partial charge in [-0.3, -0.25) is 0 Å². The number of ether oxygens (including phenoxy) is 4. The third kappa shape index (κ3) is 8.64. The van der Waals surface area contributed by atoms with Crippen LogP contribution in [0, 0.1) is 22.7 Å². The Labute approximate surface area is 347 Å². The number of hydrogen-bond donors (Lipinski definition) is 0. The molecule has 14 heteroatoms. The Hall–Kier alpha value is -2.92. The van der Waals surface area contributed by atoms with Crippen LogP contribution in [-0.4, -0.2) is 89.0 Å². The Balaban J connectivity index is 1.79. The zero-order valence-corrected chi connectivity index (χ0v) is 37.9. The second-order valence-electron chi connectivity index (χ2n) is 22.6. The van der Waals surface area contributed by atoms with Gasteiger partial charge < -0.3 is 18.9 Å². The number of hydroxylamine groups is 8. The second-order valence-corrected chi connectivity index (χ2v) is 22.6. The maximum absolute atomic E-state index is 13.5. The van der Waals surface area contributed by atoms with Gasteiger partial charge in [-0.05, 0) is 111 Å². The van der Waals surface area contributed by atoms with Gasteiger partial charge in [0.05, 0.1) is 0 Å². The quantitative estimate of drug-likeness (QED) is 0.248. The monoisotopic (exact) mass is 809 g/mol. The maximum atomic E-state index is 13.5. The normalized spacial score (nSPS) is 27.6. The summed E-state index contributed by atoms with van der Waals surface area (Å²) >= 11 is 0. The average Bonchev–Trinajstić information content (AvgIpc) is 3.05. The van der Waals surface area contributed by atoms with Crippen molar-refractivity contribution in [3.63, 3.8) is 0 Å². The van der Waals surface area contributed by atoms with Crippen molar-refractivity contribution in [2.45, 2.75) is 231 Å². The summed E-state index contributed by atoms with van der Waals surface area (Å²) in [5, 5.41) is 80.4. The summed E-state index contributed by atoms with van der Waals surface area (Å²) in [6.07, 6.45) is 0.282. The van der Waals surface area contributed by atoms with E-state index in [0.29, 0.717) is 51.4 Å². The number of piperidine rings is 4. The molecule has 0 unspecified atom stereocenters. The zero-order chi connectivity index (χ0) is 44.0. The van der Waals surface area contributed by atoms with Crippen LogP contribution >= 0.6 is 0 Å². The molecule has 4 heterocycles. The topological polar surface area (TPSA) is 177 Å². The van der Waals surface area contributed by atoms with Crippen LogP contribution < -0.4 is 18.9 Å². The predicted molar refractivity (Wildman–Crippen MR) is 213 cm³/mol. The largest absolute Gasteiger partial charge is 0.485 e. The van der Waals surface area contributed by atoms with E-state index in [-0.39, 0.29) is 34.1 Å². The first-order valence-corrected chi connectivity index (χ1v) is 20.8. The fourth-order valence-electron chi connectivity index (χ4n) is 11.0. The SMILES string of the molecule is CC1(C)CC(Oc2c(C#N)c(C#N)c(OC3CC(C)(C)N([O])C(C)(C)C3)c(OC3CC(C)(C)N([O])C(C)(C)C3)c2OC2CC(C)(C)N([O])C(C)(C)C2)CC(C)(C)N1[O]. The summed E-state index contributed by atoms with van der Waals surface area (Å²) in [6, 6.07) is 4.51. The molecule has 5 rings (SSSR count). The predicted octanol–water partition coefficient (Wildman–Crippen LogP) is 8.41. The molecule has 58 heavy (non-hydrogen) atoms. The fourth-order valence-corrected chi connectivity index (χ4v) is 11.0. The van der Waals surface area contributed by atoms with E-state index in [2.05, 4.69) is 12.1 Å². The molecule has 4 fully saturated rings. The van der Waals surface area contributed by atoms with Crippen LogP contribution in [0.3, 0.4) is 0 Å². The number of nitriles is 2. The lowest BCUT2D eigenvalue weighted by atomic mass is 9.80. The van der Waals surface area contributed by atoms with E-state index in [1.165, 1.54) is 0 Å². The van der Waals surface area contributed by atoms with Gasteiger partial charge in [0.1, 0.15) is 47.7 Å². The third-order valence-electron chi connectivity index (χ3n) is 12.9. The molecule has 4 aliphatic rings. The Morgan fingerprint density at radius 2 is 0.517 bits per heavy atom. The van der Waals surface area contributed by atoms with Crippen molar-refractivity contribution in [2.75, 3.05) is 0 Å². The average molecular weight is 809 g/mol. The van der Waals surface area contributed by atoms with Crippen molar-refractivity contribution in [2.24, 2.45) is 0 Å². The van der Waals surface area contributed by atoms with Gasteiger partial charge in [0, 0.05) is 95.7 Å². The van der Waals surface area contributed by atoms with E-state index in [0.717, 1.165) is 20.3 Å². The van der Waals surface area contributed by atoms with E-state index in [1.54, 1.807) is 0 Å². The van der Waals surface area contributed by atoms with Crippen molar-refractivity contribution < 1.29 is 39.8 Å². The van der Waals surface area contributed by atoms with Crippen molar-refractivity contribution >= 4 is 0 Å². The van der Waals surface area contributed by atoms with Crippen LogP contribution in [0.1, 0.15) is 173 Å². The molecule has 0 aliphatic carbocycles. The Morgan fingerprint density at radius 3 is 0.672 bits per heavy atom. The maximum Gasteiger partial charge on any atom is 0.209 e. The van der Waals surface area contributed by atoms with Crippen LogP contribution in [0.2, 0.25) is 0 Å². The van der Waals surface area contributed by atoms with Gasteiger partial charge in [-0.1, -0.05) is 0 Å². The lowest BCUT2D eigenvalue weighted by Crippen LogP contribution is -2.61. The van der Waals surface area contributed by atoms with Crippen molar-refractivity contribution in [1.29, 1.82) is 10.5 Å². The first-order chi connectivity index (χ1) is 26.2. The molecule has 0 bridgehead atoms. The molecule has 322 valence electrons. The molecule has 4 radical (unpaired) electrons. The van der Waals surface area contributed by atoms with Crippen molar-refractivity contribution in [3.05, 3.63) is 11.1 Å². The van der Waals surface area contributed by atoms with Crippen LogP contribution in [0.5, 0.6) is 23.0 Å². The first kappa shape index (κ1) is 46.2. The Morgan fingerprint density at radius 1 is 0.362 bits per heavy atom. The molecule has 1 aromatic carbocycles. The first-order valence-electron chi connectivity index (χ1n) is 20.8. The number of nitrogens with zero attached hydrogens (tertiary/aromatic N) is 6. The highest BCUT2D eigenvalue weighted by molar-refractivity contribution is 5.73. The molecule has 0 spiro atoms. The number of hydrogen-bond acceptors (Lipinski definition) is 10. The molecule has 4 saturated heterocycles. The van der Waals surface area contributed by atoms with Gasteiger partial charge in [0.15, 0.2) is 11.5 Å². The van der Waals surface area contributed by atoms with E-state index < -0.39 is 68.7 Å². The van der Waals surface area contributed by atoms with Gasteiger partial charge in [0.25, 0.3) is 0 Å². The highest BCUT2D eigenvalue weighted by atomic mass is 16.6. The lowest BCUT2D eigenvalue weighted by molar-refractivity contribution is -0.298. The van der Waals surface area contributed by atoms with Crippen molar-refractivity contribution in [1.82, 2.24) is 20.3 Å². The molecule has 1 aromatic rings. The molecule has 14 nitrogen and oxygen atoms in total. The lowest BCUT2D eigenvalue weighted by Gasteiger charge is -2.51. The van der Waals surface area contributed by atoms with Gasteiger partial charge in [-0.15, -0.1) is 41.1 Å². The van der Waals surface area contributed by atoms with E-state index in [1.807, 2.05) is 111 Å². The second kappa shape index (κ2) is 14.9. The standard InChI is InChI=1S/C44H68N6O8/c1-37(2)17-27(18-38(3,4)47(37)51)55-33-31(25-45)32(26-46)34(56-28-19-39(5,6)48(52)40(7,8)20-28)36(58-30-23-43(13,14)50(54)44(15,16)24-30)35(33)57-29-21-41(9,10)49(53)42(11,12)22-29/h27-30H,17-24H2,1-16H3. The van der Waals surface area contributed by atoms with E-state index in [4.69, 9.17) is 18.9 Å². The van der Waals surface area contributed by atoms with Crippen LogP contribution in [0.4, 0.5) is 0 Å². The molecule has 0 atom stereocenters. The van der Waals surface area contributed by atoms with Crippen LogP contribution in [0.15, 0.2) is 0 Å². The Kier molecular flexibility index (Phi) is 11.9. The molecule has 0 N–H and O–H groups in total. The van der Waals surface area contributed by atoms with Gasteiger partial charge in [-0.25, -0.2) is 0 Å². The fraction of sp³-hybridized carbons (Fsp3) is 0.818. The van der Waals surface area contributed by atoms with Gasteiger partial charge in [0.2, 0.25) is 11.5 Å².